The van der Waals surface area contributed by atoms with E-state index in [9.17, 15) is 14.7 Å². The molecule has 3 heterocycles. The molecule has 164 valence electrons. The van der Waals surface area contributed by atoms with Crippen molar-refractivity contribution in [3.05, 3.63) is 36.0 Å². The van der Waals surface area contributed by atoms with Gasteiger partial charge in [0.05, 0.1) is 11.4 Å². The minimum atomic E-state index is -0.839. The van der Waals surface area contributed by atoms with E-state index in [0.717, 1.165) is 54.8 Å². The summed E-state index contributed by atoms with van der Waals surface area (Å²) in [6, 6.07) is 9.71. The number of aryl methyl sites for hydroxylation is 1. The lowest BCUT2D eigenvalue weighted by Crippen LogP contribution is -2.60. The third-order valence-electron chi connectivity index (χ3n) is 7.38. The number of carboxylic acids is 1. The van der Waals surface area contributed by atoms with Crippen LogP contribution in [0.15, 0.2) is 30.3 Å². The van der Waals surface area contributed by atoms with E-state index < -0.39 is 17.9 Å². The number of aromatic nitrogens is 1. The van der Waals surface area contributed by atoms with Gasteiger partial charge in [0, 0.05) is 49.5 Å². The number of amides is 1. The average molecular weight is 423 g/mol. The lowest BCUT2D eigenvalue weighted by atomic mass is 9.80. The molecular formula is C24H30N4O3. The highest BCUT2D eigenvalue weighted by molar-refractivity contribution is 5.92. The van der Waals surface area contributed by atoms with Gasteiger partial charge in [0.1, 0.15) is 6.04 Å². The van der Waals surface area contributed by atoms with Gasteiger partial charge in [0.15, 0.2) is 0 Å². The van der Waals surface area contributed by atoms with Crippen LogP contribution in [0.2, 0.25) is 0 Å². The van der Waals surface area contributed by atoms with Gasteiger partial charge >= 0.3 is 5.97 Å². The largest absolute Gasteiger partial charge is 0.481 e. The molecular weight excluding hydrogens is 392 g/mol. The minimum absolute atomic E-state index is 0.0270. The Labute approximate surface area is 182 Å². The number of likely N-dealkylation sites (tertiary alicyclic amines) is 1. The number of carboxylic acid groups (broad SMARTS) is 1. The van der Waals surface area contributed by atoms with Gasteiger partial charge in [0.25, 0.3) is 0 Å². The number of rotatable bonds is 3. The maximum Gasteiger partial charge on any atom is 0.308 e. The summed E-state index contributed by atoms with van der Waals surface area (Å²) in [6.45, 7) is 5.52. The zero-order chi connectivity index (χ0) is 21.8. The van der Waals surface area contributed by atoms with Crippen molar-refractivity contribution in [2.45, 2.75) is 32.2 Å². The lowest BCUT2D eigenvalue weighted by molar-refractivity contribution is -0.156. The van der Waals surface area contributed by atoms with Crippen LogP contribution in [0.3, 0.4) is 0 Å². The van der Waals surface area contributed by atoms with Crippen LogP contribution in [-0.2, 0) is 9.59 Å². The predicted molar refractivity (Wildman–Crippen MR) is 119 cm³/mol. The molecule has 0 radical (unpaired) electrons. The van der Waals surface area contributed by atoms with Crippen molar-refractivity contribution in [3.8, 4) is 0 Å². The highest BCUT2D eigenvalue weighted by Gasteiger charge is 2.55. The molecule has 1 amide bonds. The van der Waals surface area contributed by atoms with Gasteiger partial charge in [-0.05, 0) is 50.8 Å². The third-order valence-corrected chi connectivity index (χ3v) is 7.38. The van der Waals surface area contributed by atoms with E-state index in [-0.39, 0.29) is 11.3 Å². The summed E-state index contributed by atoms with van der Waals surface area (Å²) < 4.78 is 0. The van der Waals surface area contributed by atoms with Gasteiger partial charge in [-0.1, -0.05) is 18.2 Å². The molecule has 2 unspecified atom stereocenters. The van der Waals surface area contributed by atoms with E-state index >= 15 is 0 Å². The second-order valence-electron chi connectivity index (χ2n) is 9.62. The zero-order valence-electron chi connectivity index (χ0n) is 18.3. The van der Waals surface area contributed by atoms with Crippen molar-refractivity contribution in [1.29, 1.82) is 0 Å². The standard InChI is InChI=1S/C24H30N4O3/c1-16-13-20(17-5-3-4-6-19(17)25-16)27-9-11-28(12-10-27)22(29)21-18(23(30)31)14-24(7-8-24)15-26(21)2/h3-6,13,18,21H,7-12,14-15H2,1-2H3,(H,30,31). The molecule has 2 saturated heterocycles. The SMILES string of the molecule is Cc1cc(N2CCN(C(=O)C3C(C(=O)O)CC4(CC4)CN3C)CC2)c2ccccc2n1. The number of likely N-dealkylation sites (N-methyl/N-ethyl adjacent to an activating group) is 1. The molecule has 5 rings (SSSR count). The van der Waals surface area contributed by atoms with Crippen LogP contribution in [0, 0.1) is 18.3 Å². The van der Waals surface area contributed by atoms with Gasteiger partial charge in [0.2, 0.25) is 5.91 Å². The number of hydrogen-bond acceptors (Lipinski definition) is 5. The summed E-state index contributed by atoms with van der Waals surface area (Å²) in [5.74, 6) is -1.48. The first-order valence-corrected chi connectivity index (χ1v) is 11.2. The molecule has 3 aliphatic rings. The number of piperidine rings is 1. The quantitative estimate of drug-likeness (QED) is 0.819. The molecule has 1 saturated carbocycles. The molecule has 7 nitrogen and oxygen atoms in total. The predicted octanol–water partition coefficient (Wildman–Crippen LogP) is 2.38. The summed E-state index contributed by atoms with van der Waals surface area (Å²) in [5.41, 5.74) is 3.25. The van der Waals surface area contributed by atoms with Crippen molar-refractivity contribution in [1.82, 2.24) is 14.8 Å². The van der Waals surface area contributed by atoms with Gasteiger partial charge in [-0.15, -0.1) is 0 Å². The zero-order valence-corrected chi connectivity index (χ0v) is 18.3. The Hall–Kier alpha value is -2.67. The number of para-hydroxylation sites is 1. The minimum Gasteiger partial charge on any atom is -0.481 e. The van der Waals surface area contributed by atoms with Crippen LogP contribution >= 0.6 is 0 Å². The van der Waals surface area contributed by atoms with Crippen LogP contribution in [0.4, 0.5) is 5.69 Å². The number of pyridine rings is 1. The van der Waals surface area contributed by atoms with E-state index in [4.69, 9.17) is 0 Å². The van der Waals surface area contributed by atoms with E-state index in [1.807, 2.05) is 42.0 Å². The summed E-state index contributed by atoms with van der Waals surface area (Å²) in [5, 5.41) is 11.0. The van der Waals surface area contributed by atoms with Crippen molar-refractivity contribution in [2.75, 3.05) is 44.7 Å². The number of carbonyl (C=O) groups is 2. The molecule has 2 atom stereocenters. The molecule has 1 aromatic carbocycles. The lowest BCUT2D eigenvalue weighted by Gasteiger charge is -2.44. The van der Waals surface area contributed by atoms with E-state index in [2.05, 4.69) is 22.0 Å². The molecule has 7 heteroatoms. The average Bonchev–Trinajstić information content (AvgIpc) is 3.50. The van der Waals surface area contributed by atoms with Gasteiger partial charge in [-0.25, -0.2) is 0 Å². The number of hydrogen-bond donors (Lipinski definition) is 1. The monoisotopic (exact) mass is 422 g/mol. The fraction of sp³-hybridized carbons (Fsp3) is 0.542. The number of piperazine rings is 1. The Kier molecular flexibility index (Phi) is 4.88. The van der Waals surface area contributed by atoms with E-state index in [0.29, 0.717) is 19.5 Å². The highest BCUT2D eigenvalue weighted by atomic mass is 16.4. The van der Waals surface area contributed by atoms with Crippen LogP contribution in [0.25, 0.3) is 10.9 Å². The molecule has 31 heavy (non-hydrogen) atoms. The number of anilines is 1. The number of fused-ring (bicyclic) bond motifs is 1. The topological polar surface area (TPSA) is 77.0 Å². The number of benzene rings is 1. The number of aliphatic carboxylic acids is 1. The molecule has 1 N–H and O–H groups in total. The van der Waals surface area contributed by atoms with Crippen molar-refractivity contribution < 1.29 is 14.7 Å². The summed E-state index contributed by atoms with van der Waals surface area (Å²) in [6.07, 6.45) is 2.80. The molecule has 1 aliphatic carbocycles. The maximum atomic E-state index is 13.4. The molecule has 1 spiro atoms. The second kappa shape index (κ2) is 7.48. The summed E-state index contributed by atoms with van der Waals surface area (Å²) in [7, 11) is 1.92. The van der Waals surface area contributed by atoms with Gasteiger partial charge < -0.3 is 14.9 Å². The Balaban J connectivity index is 1.31. The Morgan fingerprint density at radius 3 is 2.52 bits per heavy atom. The van der Waals surface area contributed by atoms with Crippen LogP contribution < -0.4 is 4.90 Å². The Morgan fingerprint density at radius 1 is 1.13 bits per heavy atom. The number of nitrogens with zero attached hydrogens (tertiary/aromatic N) is 4. The third kappa shape index (κ3) is 3.65. The van der Waals surface area contributed by atoms with Crippen LogP contribution in [0.1, 0.15) is 25.0 Å². The van der Waals surface area contributed by atoms with Gasteiger partial charge in [-0.3, -0.25) is 19.5 Å². The molecule has 0 bridgehead atoms. The molecule has 1 aromatic heterocycles. The summed E-state index contributed by atoms with van der Waals surface area (Å²) in [4.78, 5) is 36.2. The van der Waals surface area contributed by atoms with E-state index in [1.54, 1.807) is 0 Å². The van der Waals surface area contributed by atoms with Crippen LogP contribution in [-0.4, -0.2) is 77.6 Å². The number of carbonyl (C=O) groups excluding carboxylic acids is 1. The van der Waals surface area contributed by atoms with Crippen LogP contribution in [0.5, 0.6) is 0 Å². The van der Waals surface area contributed by atoms with Gasteiger partial charge in [-0.2, -0.15) is 0 Å². The van der Waals surface area contributed by atoms with Crippen molar-refractivity contribution >= 4 is 28.5 Å². The Bertz CT molecular complexity index is 1030. The first-order valence-electron chi connectivity index (χ1n) is 11.2. The van der Waals surface area contributed by atoms with Crippen molar-refractivity contribution in [2.24, 2.45) is 11.3 Å². The fourth-order valence-corrected chi connectivity index (χ4v) is 5.60. The second-order valence-corrected chi connectivity index (χ2v) is 9.62. The molecule has 2 aliphatic heterocycles. The maximum absolute atomic E-state index is 13.4. The van der Waals surface area contributed by atoms with E-state index in [1.165, 1.54) is 0 Å². The highest BCUT2D eigenvalue weighted by Crippen LogP contribution is 2.54. The first-order chi connectivity index (χ1) is 14.9. The summed E-state index contributed by atoms with van der Waals surface area (Å²) >= 11 is 0. The smallest absolute Gasteiger partial charge is 0.308 e. The molecule has 3 fully saturated rings. The van der Waals surface area contributed by atoms with Crippen molar-refractivity contribution in [3.63, 3.8) is 0 Å². The Morgan fingerprint density at radius 2 is 1.84 bits per heavy atom. The molecule has 2 aromatic rings. The fourth-order valence-electron chi connectivity index (χ4n) is 5.60. The normalized spacial score (nSPS) is 25.7. The first kappa shape index (κ1) is 20.2.